The highest BCUT2D eigenvalue weighted by Crippen LogP contribution is 2.21. The summed E-state index contributed by atoms with van der Waals surface area (Å²) >= 11 is 0. The van der Waals surface area contributed by atoms with E-state index in [4.69, 9.17) is 5.73 Å². The van der Waals surface area contributed by atoms with E-state index in [-0.39, 0.29) is 5.82 Å². The Bertz CT molecular complexity index is 348. The zero-order valence-electron chi connectivity index (χ0n) is 12.4. The van der Waals surface area contributed by atoms with Crippen LogP contribution in [0, 0.1) is 17.7 Å². The van der Waals surface area contributed by atoms with Crippen molar-refractivity contribution in [3.05, 3.63) is 30.1 Å². The quantitative estimate of drug-likeness (QED) is 0.778. The minimum Gasteiger partial charge on any atom is -0.375 e. The predicted octanol–water partition coefficient (Wildman–Crippen LogP) is 3.66. The molecule has 0 radical (unpaired) electrons. The zero-order valence-corrected chi connectivity index (χ0v) is 12.4. The van der Waals surface area contributed by atoms with Crippen molar-refractivity contribution in [1.29, 1.82) is 0 Å². The van der Waals surface area contributed by atoms with E-state index in [9.17, 15) is 4.39 Å². The molecule has 0 aromatic heterocycles. The van der Waals surface area contributed by atoms with Gasteiger partial charge in [0.2, 0.25) is 0 Å². The number of hydrogen-bond acceptors (Lipinski definition) is 2. The van der Waals surface area contributed by atoms with E-state index in [0.717, 1.165) is 31.6 Å². The van der Waals surface area contributed by atoms with Crippen LogP contribution in [-0.4, -0.2) is 20.1 Å². The molecule has 1 aromatic carbocycles. The maximum absolute atomic E-state index is 12.9. The van der Waals surface area contributed by atoms with Crippen molar-refractivity contribution in [1.82, 2.24) is 0 Å². The molecule has 1 atom stereocenters. The number of nitrogens with zero attached hydrogens (tertiary/aromatic N) is 1. The van der Waals surface area contributed by atoms with Crippen LogP contribution in [0.5, 0.6) is 0 Å². The van der Waals surface area contributed by atoms with E-state index in [1.165, 1.54) is 18.6 Å². The van der Waals surface area contributed by atoms with E-state index in [1.807, 2.05) is 12.1 Å². The van der Waals surface area contributed by atoms with E-state index >= 15 is 0 Å². The lowest BCUT2D eigenvalue weighted by Crippen LogP contribution is -2.21. The first-order valence-electron chi connectivity index (χ1n) is 7.21. The summed E-state index contributed by atoms with van der Waals surface area (Å²) < 4.78 is 12.9. The summed E-state index contributed by atoms with van der Waals surface area (Å²) in [6.07, 6.45) is 3.47. The Balaban J connectivity index is 2.37. The summed E-state index contributed by atoms with van der Waals surface area (Å²) in [4.78, 5) is 2.18. The molecule has 0 saturated heterocycles. The minimum absolute atomic E-state index is 0.181. The molecular weight excluding hydrogens is 239 g/mol. The second-order valence-corrected chi connectivity index (χ2v) is 5.62. The van der Waals surface area contributed by atoms with Crippen LogP contribution in [0.4, 0.5) is 10.1 Å². The van der Waals surface area contributed by atoms with Gasteiger partial charge in [-0.3, -0.25) is 0 Å². The highest BCUT2D eigenvalue weighted by atomic mass is 19.1. The molecule has 108 valence electrons. The monoisotopic (exact) mass is 266 g/mol. The first-order valence-corrected chi connectivity index (χ1v) is 7.21. The fourth-order valence-corrected chi connectivity index (χ4v) is 2.44. The second-order valence-electron chi connectivity index (χ2n) is 5.62. The van der Waals surface area contributed by atoms with Gasteiger partial charge in [0.05, 0.1) is 0 Å². The number of benzene rings is 1. The molecule has 1 aromatic rings. The van der Waals surface area contributed by atoms with Gasteiger partial charge >= 0.3 is 0 Å². The molecule has 1 unspecified atom stereocenters. The highest BCUT2D eigenvalue weighted by molar-refractivity contribution is 5.45. The smallest absolute Gasteiger partial charge is 0.123 e. The summed E-state index contributed by atoms with van der Waals surface area (Å²) in [5.41, 5.74) is 6.73. The zero-order chi connectivity index (χ0) is 14.3. The number of halogens is 1. The van der Waals surface area contributed by atoms with Crippen LogP contribution in [0.25, 0.3) is 0 Å². The van der Waals surface area contributed by atoms with E-state index < -0.39 is 0 Å². The van der Waals surface area contributed by atoms with Gasteiger partial charge in [0.25, 0.3) is 0 Å². The number of anilines is 1. The molecule has 3 heteroatoms. The molecule has 2 nitrogen and oxygen atoms in total. The summed E-state index contributed by atoms with van der Waals surface area (Å²) in [5, 5.41) is 0. The highest BCUT2D eigenvalue weighted by Gasteiger charge is 2.12. The summed E-state index contributed by atoms with van der Waals surface area (Å²) in [7, 11) is 2.06. The first kappa shape index (κ1) is 16.0. The third-order valence-electron chi connectivity index (χ3n) is 3.82. The molecule has 0 saturated carbocycles. The average Bonchev–Trinajstić information content (AvgIpc) is 2.38. The van der Waals surface area contributed by atoms with Crippen LogP contribution >= 0.6 is 0 Å². The van der Waals surface area contributed by atoms with Gasteiger partial charge in [0.15, 0.2) is 0 Å². The van der Waals surface area contributed by atoms with Crippen molar-refractivity contribution < 1.29 is 4.39 Å². The lowest BCUT2D eigenvalue weighted by Gasteiger charge is -2.23. The standard InChI is InChI=1S/C16H27FN2/c1-13(2)14(10-11-18)5-4-12-19(3)16-8-6-15(17)7-9-16/h6-9,13-14H,4-5,10-12,18H2,1-3H3. The molecule has 0 aliphatic rings. The molecule has 0 aliphatic carbocycles. The predicted molar refractivity (Wildman–Crippen MR) is 80.9 cm³/mol. The molecule has 0 heterocycles. The van der Waals surface area contributed by atoms with Crippen LogP contribution in [0.3, 0.4) is 0 Å². The van der Waals surface area contributed by atoms with Crippen LogP contribution in [0.15, 0.2) is 24.3 Å². The lowest BCUT2D eigenvalue weighted by atomic mass is 9.88. The van der Waals surface area contributed by atoms with Gasteiger partial charge in [-0.2, -0.15) is 0 Å². The Kier molecular flexibility index (Phi) is 6.85. The van der Waals surface area contributed by atoms with Crippen molar-refractivity contribution in [2.24, 2.45) is 17.6 Å². The maximum atomic E-state index is 12.9. The van der Waals surface area contributed by atoms with Crippen molar-refractivity contribution >= 4 is 5.69 Å². The van der Waals surface area contributed by atoms with Gasteiger partial charge in [0.1, 0.15) is 5.82 Å². The number of nitrogens with two attached hydrogens (primary N) is 1. The van der Waals surface area contributed by atoms with Gasteiger partial charge in [-0.15, -0.1) is 0 Å². The Hall–Kier alpha value is -1.09. The van der Waals surface area contributed by atoms with Gasteiger partial charge in [-0.1, -0.05) is 13.8 Å². The van der Waals surface area contributed by atoms with E-state index in [2.05, 4.69) is 25.8 Å². The largest absolute Gasteiger partial charge is 0.375 e. The van der Waals surface area contributed by atoms with Gasteiger partial charge < -0.3 is 10.6 Å². The van der Waals surface area contributed by atoms with Crippen LogP contribution in [0.1, 0.15) is 33.1 Å². The maximum Gasteiger partial charge on any atom is 0.123 e. The third kappa shape index (κ3) is 5.60. The molecular formula is C16H27FN2. The normalized spacial score (nSPS) is 12.7. The van der Waals surface area contributed by atoms with Crippen molar-refractivity contribution in [3.8, 4) is 0 Å². The molecule has 0 aliphatic heterocycles. The molecule has 2 N–H and O–H groups in total. The summed E-state index contributed by atoms with van der Waals surface area (Å²) in [6, 6.07) is 6.68. The number of rotatable bonds is 8. The molecule has 0 amide bonds. The Morgan fingerprint density at radius 2 is 1.79 bits per heavy atom. The van der Waals surface area contributed by atoms with Crippen LogP contribution in [0.2, 0.25) is 0 Å². The van der Waals surface area contributed by atoms with Gasteiger partial charge in [0, 0.05) is 19.3 Å². The SMILES string of the molecule is CC(C)C(CCN)CCCN(C)c1ccc(F)cc1. The average molecular weight is 266 g/mol. The molecule has 0 fully saturated rings. The Morgan fingerprint density at radius 3 is 2.32 bits per heavy atom. The van der Waals surface area contributed by atoms with Crippen LogP contribution in [-0.2, 0) is 0 Å². The topological polar surface area (TPSA) is 29.3 Å². The first-order chi connectivity index (χ1) is 9.04. The van der Waals surface area contributed by atoms with E-state index in [0.29, 0.717) is 11.8 Å². The summed E-state index contributed by atoms with van der Waals surface area (Å²) in [6.45, 7) is 6.31. The second kappa shape index (κ2) is 8.16. The Morgan fingerprint density at radius 1 is 1.16 bits per heavy atom. The fourth-order valence-electron chi connectivity index (χ4n) is 2.44. The van der Waals surface area contributed by atoms with Crippen LogP contribution < -0.4 is 10.6 Å². The van der Waals surface area contributed by atoms with Crippen molar-refractivity contribution in [2.75, 3.05) is 25.0 Å². The molecule has 1 rings (SSSR count). The summed E-state index contributed by atoms with van der Waals surface area (Å²) in [5.74, 6) is 1.23. The molecule has 19 heavy (non-hydrogen) atoms. The molecule has 0 bridgehead atoms. The van der Waals surface area contributed by atoms with Crippen molar-refractivity contribution in [2.45, 2.75) is 33.1 Å². The Labute approximate surface area is 116 Å². The van der Waals surface area contributed by atoms with Gasteiger partial charge in [-0.25, -0.2) is 4.39 Å². The van der Waals surface area contributed by atoms with E-state index in [1.54, 1.807) is 0 Å². The number of hydrogen-bond donors (Lipinski definition) is 1. The fraction of sp³-hybridized carbons (Fsp3) is 0.625. The third-order valence-corrected chi connectivity index (χ3v) is 3.82. The van der Waals surface area contributed by atoms with Gasteiger partial charge in [-0.05, 0) is 61.9 Å². The molecule has 0 spiro atoms. The lowest BCUT2D eigenvalue weighted by molar-refractivity contribution is 0.334. The minimum atomic E-state index is -0.181. The van der Waals surface area contributed by atoms with Crippen molar-refractivity contribution in [3.63, 3.8) is 0 Å².